The maximum atomic E-state index is 11.0. The highest BCUT2D eigenvalue weighted by molar-refractivity contribution is 5.56. The van der Waals surface area contributed by atoms with Crippen molar-refractivity contribution in [3.05, 3.63) is 22.2 Å². The van der Waals surface area contributed by atoms with E-state index in [4.69, 9.17) is 0 Å². The Labute approximate surface area is 117 Å². The third-order valence-corrected chi connectivity index (χ3v) is 3.82. The van der Waals surface area contributed by atoms with Crippen molar-refractivity contribution in [1.29, 1.82) is 0 Å². The molecule has 0 aromatic carbocycles. The minimum Gasteiger partial charge on any atom is -0.391 e. The summed E-state index contributed by atoms with van der Waals surface area (Å²) in [5.41, 5.74) is -0.00324. The molecule has 0 aliphatic heterocycles. The third-order valence-electron chi connectivity index (χ3n) is 3.82. The summed E-state index contributed by atoms with van der Waals surface area (Å²) in [6.07, 6.45) is 3.31. The van der Waals surface area contributed by atoms with Crippen LogP contribution in [0.2, 0.25) is 0 Å². The first kappa shape index (κ1) is 14.5. The number of likely N-dealkylation sites (N-methyl/N-ethyl adjacent to an activating group) is 1. The van der Waals surface area contributed by atoms with Gasteiger partial charge in [-0.15, -0.1) is 0 Å². The SMILES string of the molecule is CNc1cc([N+](=O)[O-])cc(N(C)C2CCCCC2O)n1. The van der Waals surface area contributed by atoms with Crippen molar-refractivity contribution in [2.45, 2.75) is 37.8 Å². The second-order valence-corrected chi connectivity index (χ2v) is 5.11. The molecule has 0 bridgehead atoms. The fourth-order valence-corrected chi connectivity index (χ4v) is 2.63. The van der Waals surface area contributed by atoms with E-state index in [0.29, 0.717) is 11.6 Å². The second kappa shape index (κ2) is 6.04. The highest BCUT2D eigenvalue weighted by Gasteiger charge is 2.28. The molecule has 1 aromatic heterocycles. The number of anilines is 2. The molecule has 1 aromatic rings. The van der Waals surface area contributed by atoms with Gasteiger partial charge < -0.3 is 15.3 Å². The van der Waals surface area contributed by atoms with E-state index in [2.05, 4.69) is 10.3 Å². The smallest absolute Gasteiger partial charge is 0.276 e. The molecule has 1 aliphatic rings. The Morgan fingerprint density at radius 3 is 2.75 bits per heavy atom. The number of pyridine rings is 1. The quantitative estimate of drug-likeness (QED) is 0.645. The monoisotopic (exact) mass is 280 g/mol. The van der Waals surface area contributed by atoms with Crippen LogP contribution in [0, 0.1) is 10.1 Å². The first-order valence-electron chi connectivity index (χ1n) is 6.78. The van der Waals surface area contributed by atoms with Gasteiger partial charge in [-0.1, -0.05) is 12.8 Å². The minimum atomic E-state index is -0.433. The van der Waals surface area contributed by atoms with E-state index in [0.717, 1.165) is 25.7 Å². The molecule has 7 heteroatoms. The normalized spacial score (nSPS) is 22.4. The maximum absolute atomic E-state index is 11.0. The van der Waals surface area contributed by atoms with Crippen LogP contribution >= 0.6 is 0 Å². The van der Waals surface area contributed by atoms with Gasteiger partial charge in [-0.25, -0.2) is 4.98 Å². The summed E-state index contributed by atoms with van der Waals surface area (Å²) >= 11 is 0. The van der Waals surface area contributed by atoms with Crippen LogP contribution in [0.4, 0.5) is 17.3 Å². The van der Waals surface area contributed by atoms with Crippen LogP contribution in [0.3, 0.4) is 0 Å². The number of nitrogens with one attached hydrogen (secondary N) is 1. The molecular weight excluding hydrogens is 260 g/mol. The van der Waals surface area contributed by atoms with Crippen LogP contribution in [0.15, 0.2) is 12.1 Å². The predicted octanol–water partition coefficient (Wildman–Crippen LogP) is 1.77. The average molecular weight is 280 g/mol. The van der Waals surface area contributed by atoms with Gasteiger partial charge in [0.2, 0.25) is 0 Å². The van der Waals surface area contributed by atoms with Crippen LogP contribution in [-0.4, -0.2) is 41.3 Å². The Bertz CT molecular complexity index is 495. The lowest BCUT2D eigenvalue weighted by Crippen LogP contribution is -2.43. The predicted molar refractivity (Wildman–Crippen MR) is 77.1 cm³/mol. The molecule has 20 heavy (non-hydrogen) atoms. The number of hydrogen-bond donors (Lipinski definition) is 2. The molecule has 7 nitrogen and oxygen atoms in total. The van der Waals surface area contributed by atoms with Crippen molar-refractivity contribution in [1.82, 2.24) is 4.98 Å². The molecule has 110 valence electrons. The molecule has 2 atom stereocenters. The molecule has 1 saturated carbocycles. The van der Waals surface area contributed by atoms with Gasteiger partial charge in [0, 0.05) is 14.1 Å². The molecular formula is C13H20N4O3. The zero-order chi connectivity index (χ0) is 14.7. The Morgan fingerprint density at radius 1 is 1.45 bits per heavy atom. The summed E-state index contributed by atoms with van der Waals surface area (Å²) in [7, 11) is 3.50. The largest absolute Gasteiger partial charge is 0.391 e. The summed E-state index contributed by atoms with van der Waals surface area (Å²) < 4.78 is 0. The first-order chi connectivity index (χ1) is 9.52. The van der Waals surface area contributed by atoms with Crippen molar-refractivity contribution < 1.29 is 10.0 Å². The van der Waals surface area contributed by atoms with Crippen molar-refractivity contribution in [2.24, 2.45) is 0 Å². The molecule has 0 spiro atoms. The van der Waals surface area contributed by atoms with Gasteiger partial charge in [0.1, 0.15) is 11.6 Å². The van der Waals surface area contributed by atoms with Crippen LogP contribution < -0.4 is 10.2 Å². The molecule has 1 fully saturated rings. The number of nitrogens with zero attached hydrogens (tertiary/aromatic N) is 3. The lowest BCUT2D eigenvalue weighted by Gasteiger charge is -2.35. The summed E-state index contributed by atoms with van der Waals surface area (Å²) in [5.74, 6) is 0.959. The van der Waals surface area contributed by atoms with E-state index in [1.807, 2.05) is 11.9 Å². The zero-order valence-corrected chi connectivity index (χ0v) is 11.7. The summed E-state index contributed by atoms with van der Waals surface area (Å²) in [6.45, 7) is 0. The van der Waals surface area contributed by atoms with Crippen LogP contribution in [-0.2, 0) is 0 Å². The van der Waals surface area contributed by atoms with E-state index >= 15 is 0 Å². The minimum absolute atomic E-state index is 0.00324. The summed E-state index contributed by atoms with van der Waals surface area (Å²) in [5, 5.41) is 23.9. The maximum Gasteiger partial charge on any atom is 0.276 e. The molecule has 0 amide bonds. The van der Waals surface area contributed by atoms with Gasteiger partial charge in [0.25, 0.3) is 5.69 Å². The Balaban J connectivity index is 2.30. The van der Waals surface area contributed by atoms with Gasteiger partial charge in [-0.3, -0.25) is 10.1 Å². The molecule has 2 unspecified atom stereocenters. The molecule has 2 N–H and O–H groups in total. The first-order valence-corrected chi connectivity index (χ1v) is 6.78. The Hall–Kier alpha value is -1.89. The highest BCUT2D eigenvalue weighted by atomic mass is 16.6. The average Bonchev–Trinajstić information content (AvgIpc) is 2.46. The van der Waals surface area contributed by atoms with E-state index in [9.17, 15) is 15.2 Å². The van der Waals surface area contributed by atoms with Crippen LogP contribution in [0.5, 0.6) is 0 Å². The Morgan fingerprint density at radius 2 is 2.15 bits per heavy atom. The van der Waals surface area contributed by atoms with E-state index in [-0.39, 0.29) is 11.7 Å². The standard InChI is InChI=1S/C13H20N4O3/c1-14-12-7-9(17(19)20)8-13(15-12)16(2)10-5-3-4-6-11(10)18/h7-8,10-11,18H,3-6H2,1-2H3,(H,14,15). The number of aliphatic hydroxyl groups is 1. The van der Waals surface area contributed by atoms with Gasteiger partial charge >= 0.3 is 0 Å². The summed E-state index contributed by atoms with van der Waals surface area (Å²) in [4.78, 5) is 16.7. The molecule has 0 radical (unpaired) electrons. The number of aliphatic hydroxyl groups excluding tert-OH is 1. The van der Waals surface area contributed by atoms with E-state index < -0.39 is 11.0 Å². The fourth-order valence-electron chi connectivity index (χ4n) is 2.63. The lowest BCUT2D eigenvalue weighted by atomic mass is 9.91. The summed E-state index contributed by atoms with van der Waals surface area (Å²) in [6, 6.07) is 2.81. The Kier molecular flexibility index (Phi) is 4.39. The third kappa shape index (κ3) is 2.98. The van der Waals surface area contributed by atoms with Crippen LogP contribution in [0.25, 0.3) is 0 Å². The fraction of sp³-hybridized carbons (Fsp3) is 0.615. The molecule has 1 heterocycles. The van der Waals surface area contributed by atoms with E-state index in [1.54, 1.807) is 7.05 Å². The topological polar surface area (TPSA) is 91.5 Å². The van der Waals surface area contributed by atoms with Crippen molar-refractivity contribution in [3.63, 3.8) is 0 Å². The number of nitro groups is 1. The van der Waals surface area contributed by atoms with Gasteiger partial charge in [-0.2, -0.15) is 0 Å². The van der Waals surface area contributed by atoms with Crippen molar-refractivity contribution >= 4 is 17.3 Å². The van der Waals surface area contributed by atoms with Gasteiger partial charge in [-0.05, 0) is 12.8 Å². The zero-order valence-electron chi connectivity index (χ0n) is 11.7. The van der Waals surface area contributed by atoms with Crippen LogP contribution in [0.1, 0.15) is 25.7 Å². The van der Waals surface area contributed by atoms with E-state index in [1.165, 1.54) is 12.1 Å². The molecule has 1 aliphatic carbocycles. The van der Waals surface area contributed by atoms with Gasteiger partial charge in [0.15, 0.2) is 0 Å². The molecule has 0 saturated heterocycles. The number of rotatable bonds is 4. The van der Waals surface area contributed by atoms with Crippen molar-refractivity contribution in [2.75, 3.05) is 24.3 Å². The number of hydrogen-bond acceptors (Lipinski definition) is 6. The van der Waals surface area contributed by atoms with Gasteiger partial charge in [0.05, 0.1) is 29.2 Å². The van der Waals surface area contributed by atoms with Crippen molar-refractivity contribution in [3.8, 4) is 0 Å². The lowest BCUT2D eigenvalue weighted by molar-refractivity contribution is -0.384. The highest BCUT2D eigenvalue weighted by Crippen LogP contribution is 2.28. The molecule has 2 rings (SSSR count). The number of aromatic nitrogens is 1. The second-order valence-electron chi connectivity index (χ2n) is 5.11.